The summed E-state index contributed by atoms with van der Waals surface area (Å²) in [4.78, 5) is 24.7. The molecule has 5 aliphatic rings. The molecule has 2 saturated carbocycles. The van der Waals surface area contributed by atoms with Crippen LogP contribution < -0.4 is 0 Å². The van der Waals surface area contributed by atoms with E-state index in [0.29, 0.717) is 0 Å². The van der Waals surface area contributed by atoms with Gasteiger partial charge in [0.15, 0.2) is 6.10 Å². The van der Waals surface area contributed by atoms with Crippen LogP contribution in [-0.2, 0) is 23.8 Å². The lowest BCUT2D eigenvalue weighted by Gasteiger charge is -2.51. The van der Waals surface area contributed by atoms with Crippen molar-refractivity contribution in [2.45, 2.75) is 49.8 Å². The van der Waals surface area contributed by atoms with E-state index < -0.39 is 46.7 Å². The molecule has 2 bridgehead atoms. The summed E-state index contributed by atoms with van der Waals surface area (Å²) in [5, 5.41) is 11.4. The number of esters is 2. The average molecular weight is 292 g/mol. The topological polar surface area (TPSA) is 85.4 Å². The van der Waals surface area contributed by atoms with E-state index in [1.54, 1.807) is 6.92 Å². The molecule has 0 amide bonds. The van der Waals surface area contributed by atoms with Gasteiger partial charge in [0, 0.05) is 12.3 Å². The highest BCUT2D eigenvalue weighted by Crippen LogP contribution is 2.76. The van der Waals surface area contributed by atoms with Crippen LogP contribution >= 0.6 is 0 Å². The zero-order valence-corrected chi connectivity index (χ0v) is 11.8. The summed E-state index contributed by atoms with van der Waals surface area (Å²) >= 11 is 0. The Morgan fingerprint density at radius 2 is 2.10 bits per heavy atom. The first-order chi connectivity index (χ1) is 9.79. The zero-order chi connectivity index (χ0) is 14.9. The summed E-state index contributed by atoms with van der Waals surface area (Å²) in [6.45, 7) is 7.55. The Kier molecular flexibility index (Phi) is 1.68. The van der Waals surface area contributed by atoms with Crippen molar-refractivity contribution in [2.75, 3.05) is 0 Å². The van der Waals surface area contributed by atoms with Crippen LogP contribution in [0.2, 0.25) is 0 Å². The zero-order valence-electron chi connectivity index (χ0n) is 11.8. The number of aliphatic hydroxyl groups is 1. The fraction of sp³-hybridized carbons (Fsp3) is 0.733. The normalized spacial score (nSPS) is 62.0. The lowest BCUT2D eigenvalue weighted by molar-refractivity contribution is -0.195. The van der Waals surface area contributed by atoms with Crippen molar-refractivity contribution in [3.63, 3.8) is 0 Å². The molecule has 2 unspecified atom stereocenters. The van der Waals surface area contributed by atoms with Gasteiger partial charge in [-0.1, -0.05) is 12.2 Å². The first-order valence-electron chi connectivity index (χ1n) is 7.26. The molecular weight excluding hydrogens is 276 g/mol. The summed E-state index contributed by atoms with van der Waals surface area (Å²) in [6, 6.07) is 0. The van der Waals surface area contributed by atoms with Gasteiger partial charge < -0.3 is 19.3 Å². The SMILES string of the molecule is C=C(C)[C@@H]1C2C(=O)O[C@@H]1C1OC(=O)[C@]34O[C@H]3C[C@@]2(O)[C@]14C. The van der Waals surface area contributed by atoms with Crippen LogP contribution in [0.3, 0.4) is 0 Å². The van der Waals surface area contributed by atoms with Crippen LogP contribution in [0.15, 0.2) is 12.2 Å². The molecule has 5 fully saturated rings. The molecular formula is C15H16O6. The van der Waals surface area contributed by atoms with Crippen LogP contribution in [0.1, 0.15) is 20.3 Å². The number of ether oxygens (including phenoxy) is 3. The second kappa shape index (κ2) is 2.90. The van der Waals surface area contributed by atoms with E-state index in [-0.39, 0.29) is 18.4 Å². The summed E-state index contributed by atoms with van der Waals surface area (Å²) < 4.78 is 16.6. The molecule has 0 aromatic rings. The Morgan fingerprint density at radius 3 is 2.76 bits per heavy atom. The van der Waals surface area contributed by atoms with Gasteiger partial charge in [0.05, 0.1) is 16.9 Å². The second-order valence-corrected chi connectivity index (χ2v) is 7.25. The van der Waals surface area contributed by atoms with E-state index in [0.717, 1.165) is 5.57 Å². The molecule has 0 aromatic carbocycles. The largest absolute Gasteiger partial charge is 0.457 e. The van der Waals surface area contributed by atoms with Gasteiger partial charge in [-0.2, -0.15) is 0 Å². The molecule has 0 radical (unpaired) electrons. The maximum absolute atomic E-state index is 12.3. The molecule has 1 N–H and O–H groups in total. The number of fused-ring (bicyclic) bond motifs is 4. The van der Waals surface area contributed by atoms with Crippen molar-refractivity contribution in [1.82, 2.24) is 0 Å². The number of epoxide rings is 1. The van der Waals surface area contributed by atoms with Crippen molar-refractivity contribution < 1.29 is 28.9 Å². The summed E-state index contributed by atoms with van der Waals surface area (Å²) in [5.74, 6) is -1.86. The van der Waals surface area contributed by atoms with E-state index >= 15 is 0 Å². The standard InChI is InChI=1S/C15H16O6/c1-5(2)7-8-11(16)19-9(7)10-13(3)14(8,18)4-6-15(13,21-6)12(17)20-10/h6-10,18H,1,4H2,2-3H3/t6-,7+,8?,9-,10?,13-,14-,15+/m0/s1. The Balaban J connectivity index is 1.78. The Hall–Kier alpha value is -1.40. The van der Waals surface area contributed by atoms with Crippen molar-refractivity contribution in [3.05, 3.63) is 12.2 Å². The number of hydrogen-bond acceptors (Lipinski definition) is 6. The minimum atomic E-state index is -1.35. The Labute approximate surface area is 121 Å². The van der Waals surface area contributed by atoms with Crippen LogP contribution in [0, 0.1) is 17.3 Å². The first kappa shape index (κ1) is 12.2. The number of carbonyl (C=O) groups excluding carboxylic acids is 2. The van der Waals surface area contributed by atoms with Gasteiger partial charge in [-0.3, -0.25) is 4.79 Å². The molecule has 6 nitrogen and oxygen atoms in total. The number of rotatable bonds is 1. The average Bonchev–Trinajstić information content (AvgIpc) is 2.86. The maximum atomic E-state index is 12.3. The molecule has 3 saturated heterocycles. The Bertz CT molecular complexity index is 642. The third kappa shape index (κ3) is 0.874. The van der Waals surface area contributed by atoms with E-state index in [2.05, 4.69) is 6.58 Å². The fourth-order valence-electron chi connectivity index (χ4n) is 5.59. The van der Waals surface area contributed by atoms with E-state index in [9.17, 15) is 14.7 Å². The van der Waals surface area contributed by atoms with Crippen molar-refractivity contribution >= 4 is 11.9 Å². The number of carbonyl (C=O) groups is 2. The van der Waals surface area contributed by atoms with Gasteiger partial charge in [0.1, 0.15) is 12.2 Å². The first-order valence-corrected chi connectivity index (χ1v) is 7.26. The molecule has 3 heterocycles. The highest BCUT2D eigenvalue weighted by molar-refractivity contribution is 5.91. The van der Waals surface area contributed by atoms with Gasteiger partial charge >= 0.3 is 11.9 Å². The van der Waals surface area contributed by atoms with E-state index in [4.69, 9.17) is 14.2 Å². The summed E-state index contributed by atoms with van der Waals surface area (Å²) in [7, 11) is 0. The second-order valence-electron chi connectivity index (χ2n) is 7.25. The molecule has 6 heteroatoms. The van der Waals surface area contributed by atoms with Crippen LogP contribution in [0.25, 0.3) is 0 Å². The minimum absolute atomic E-state index is 0.269. The molecule has 3 aliphatic heterocycles. The highest BCUT2D eigenvalue weighted by atomic mass is 16.7. The Morgan fingerprint density at radius 1 is 1.38 bits per heavy atom. The fourth-order valence-corrected chi connectivity index (χ4v) is 5.59. The smallest absolute Gasteiger partial charge is 0.342 e. The molecule has 8 atom stereocenters. The lowest BCUT2D eigenvalue weighted by Crippen LogP contribution is -2.66. The van der Waals surface area contributed by atoms with Crippen molar-refractivity contribution in [2.24, 2.45) is 17.3 Å². The van der Waals surface area contributed by atoms with E-state index in [1.165, 1.54) is 0 Å². The lowest BCUT2D eigenvalue weighted by atomic mass is 9.53. The summed E-state index contributed by atoms with van der Waals surface area (Å²) in [5.41, 5.74) is -2.60. The number of hydrogen-bond donors (Lipinski definition) is 1. The van der Waals surface area contributed by atoms with Gasteiger partial charge in [0.2, 0.25) is 5.60 Å². The third-order valence-corrected chi connectivity index (χ3v) is 6.60. The molecule has 5 rings (SSSR count). The predicted molar refractivity (Wildman–Crippen MR) is 66.8 cm³/mol. The van der Waals surface area contributed by atoms with Gasteiger partial charge in [-0.05, 0) is 13.8 Å². The van der Waals surface area contributed by atoms with Crippen molar-refractivity contribution in [3.8, 4) is 0 Å². The maximum Gasteiger partial charge on any atom is 0.342 e. The van der Waals surface area contributed by atoms with Gasteiger partial charge in [0.25, 0.3) is 0 Å². The molecule has 112 valence electrons. The molecule has 1 spiro atoms. The summed E-state index contributed by atoms with van der Waals surface area (Å²) in [6.07, 6.45) is -1.34. The molecule has 2 aliphatic carbocycles. The monoisotopic (exact) mass is 292 g/mol. The highest BCUT2D eigenvalue weighted by Gasteiger charge is 2.95. The predicted octanol–water partition coefficient (Wildman–Crippen LogP) is -0.0620. The van der Waals surface area contributed by atoms with Gasteiger partial charge in [-0.15, -0.1) is 0 Å². The third-order valence-electron chi connectivity index (χ3n) is 6.60. The van der Waals surface area contributed by atoms with Gasteiger partial charge in [-0.25, -0.2) is 4.79 Å². The van der Waals surface area contributed by atoms with Crippen LogP contribution in [0.4, 0.5) is 0 Å². The van der Waals surface area contributed by atoms with Crippen LogP contribution in [-0.4, -0.2) is 46.6 Å². The van der Waals surface area contributed by atoms with Crippen molar-refractivity contribution in [1.29, 1.82) is 0 Å². The minimum Gasteiger partial charge on any atom is -0.457 e. The molecule has 21 heavy (non-hydrogen) atoms. The van der Waals surface area contributed by atoms with E-state index in [1.807, 2.05) is 6.92 Å². The van der Waals surface area contributed by atoms with Crippen LogP contribution in [0.5, 0.6) is 0 Å². The quantitative estimate of drug-likeness (QED) is 0.414. The molecule has 0 aromatic heterocycles.